The summed E-state index contributed by atoms with van der Waals surface area (Å²) < 4.78 is 22.1. The van der Waals surface area contributed by atoms with Gasteiger partial charge in [0.1, 0.15) is 0 Å². The zero-order valence-electron chi connectivity index (χ0n) is 10.3. The van der Waals surface area contributed by atoms with Crippen LogP contribution in [0.15, 0.2) is 0 Å². The predicted octanol–water partition coefficient (Wildman–Crippen LogP) is -1.31. The molecule has 0 spiro atoms. The second kappa shape index (κ2) is 5.33. The molecule has 15 heavy (non-hydrogen) atoms. The first-order valence-electron chi connectivity index (χ1n) is 4.82. The third kappa shape index (κ3) is 2.22. The van der Waals surface area contributed by atoms with Crippen LogP contribution in [-0.4, -0.2) is 78.2 Å². The fraction of sp³-hybridized carbons (Fsp3) is 1.00. The summed E-state index contributed by atoms with van der Waals surface area (Å²) in [5.74, 6) is 0. The molecule has 6 nitrogen and oxygen atoms in total. The van der Waals surface area contributed by atoms with Gasteiger partial charge in [0.05, 0.1) is 0 Å². The van der Waals surface area contributed by atoms with Crippen molar-refractivity contribution in [1.29, 1.82) is 0 Å². The minimum atomic E-state index is -0.156. The van der Waals surface area contributed by atoms with Crippen LogP contribution in [0.1, 0.15) is 0 Å². The van der Waals surface area contributed by atoms with Gasteiger partial charge in [-0.15, -0.1) is 0 Å². The van der Waals surface area contributed by atoms with Gasteiger partial charge >= 0.3 is 21.6 Å². The Hall–Kier alpha value is -0.0452. The summed E-state index contributed by atoms with van der Waals surface area (Å²) in [4.78, 5) is 0. The first-order chi connectivity index (χ1) is 7.08. The molecule has 1 fully saturated rings. The monoisotopic (exact) mass is 213 g/mol. The van der Waals surface area contributed by atoms with E-state index in [2.05, 4.69) is 0 Å². The SMILES string of the molecule is COB1N(C)B(OC)N(C)B(OC)N1C. The molecular weight excluding hydrogens is 195 g/mol. The Kier molecular flexibility index (Phi) is 4.63. The van der Waals surface area contributed by atoms with Crippen molar-refractivity contribution in [3.63, 3.8) is 0 Å². The van der Waals surface area contributed by atoms with Crippen LogP contribution < -0.4 is 0 Å². The highest BCUT2D eigenvalue weighted by Crippen LogP contribution is 2.15. The Labute approximate surface area is 92.9 Å². The van der Waals surface area contributed by atoms with Crippen LogP contribution in [-0.2, 0) is 14.0 Å². The summed E-state index contributed by atoms with van der Waals surface area (Å²) in [6.07, 6.45) is 0. The average molecular weight is 213 g/mol. The van der Waals surface area contributed by atoms with Crippen molar-refractivity contribution in [1.82, 2.24) is 14.2 Å². The average Bonchev–Trinajstić information content (AvgIpc) is 2.19. The maximum absolute atomic E-state index is 5.39. The molecule has 1 heterocycles. The molecule has 0 amide bonds. The largest absolute Gasteiger partial charge is 0.461 e. The topological polar surface area (TPSA) is 37.4 Å². The van der Waals surface area contributed by atoms with Crippen molar-refractivity contribution in [2.75, 3.05) is 42.5 Å². The lowest BCUT2D eigenvalue weighted by Crippen LogP contribution is -2.76. The molecule has 1 saturated heterocycles. The van der Waals surface area contributed by atoms with Crippen LogP contribution >= 0.6 is 0 Å². The number of hydrogen-bond donors (Lipinski definition) is 0. The second-order valence-electron chi connectivity index (χ2n) is 3.68. The molecule has 0 atom stereocenters. The molecule has 9 heteroatoms. The summed E-state index contributed by atoms with van der Waals surface area (Å²) in [5, 5.41) is 0. The standard InChI is InChI=1S/C6H18B3N3O3/c1-10-7(13-4)11(2)9(15-6)12(3)8(10)14-5/h1-6H3. The molecule has 0 aromatic heterocycles. The Morgan fingerprint density at radius 2 is 0.800 bits per heavy atom. The van der Waals surface area contributed by atoms with Crippen LogP contribution in [0.25, 0.3) is 0 Å². The number of rotatable bonds is 3. The lowest BCUT2D eigenvalue weighted by molar-refractivity contribution is 0.236. The van der Waals surface area contributed by atoms with E-state index in [0.717, 1.165) is 0 Å². The van der Waals surface area contributed by atoms with Crippen LogP contribution in [0, 0.1) is 0 Å². The second-order valence-corrected chi connectivity index (χ2v) is 3.68. The summed E-state index contributed by atoms with van der Waals surface area (Å²) in [7, 11) is 10.4. The van der Waals surface area contributed by atoms with E-state index in [1.165, 1.54) is 0 Å². The lowest BCUT2D eigenvalue weighted by Gasteiger charge is -2.45. The van der Waals surface area contributed by atoms with Gasteiger partial charge < -0.3 is 28.1 Å². The zero-order valence-corrected chi connectivity index (χ0v) is 10.3. The van der Waals surface area contributed by atoms with E-state index in [4.69, 9.17) is 14.0 Å². The van der Waals surface area contributed by atoms with Gasteiger partial charge in [0.15, 0.2) is 0 Å². The fourth-order valence-electron chi connectivity index (χ4n) is 2.19. The normalized spacial score (nSPS) is 21.6. The minimum absolute atomic E-state index is 0.156. The van der Waals surface area contributed by atoms with E-state index in [-0.39, 0.29) is 21.6 Å². The van der Waals surface area contributed by atoms with Crippen molar-refractivity contribution in [2.45, 2.75) is 0 Å². The molecule has 0 unspecified atom stereocenters. The van der Waals surface area contributed by atoms with Crippen molar-refractivity contribution in [3.8, 4) is 0 Å². The molecular formula is C6H18B3N3O3. The molecule has 0 radical (unpaired) electrons. The van der Waals surface area contributed by atoms with Crippen LogP contribution in [0.5, 0.6) is 0 Å². The first kappa shape index (κ1) is 13.0. The maximum Gasteiger partial charge on any atom is 0.461 e. The third-order valence-electron chi connectivity index (χ3n) is 2.72. The van der Waals surface area contributed by atoms with Crippen LogP contribution in [0.2, 0.25) is 0 Å². The molecule has 84 valence electrons. The van der Waals surface area contributed by atoms with Gasteiger partial charge in [0, 0.05) is 21.3 Å². The van der Waals surface area contributed by atoms with E-state index in [0.29, 0.717) is 0 Å². The summed E-state index contributed by atoms with van der Waals surface area (Å²) in [6.45, 7) is 0. The van der Waals surface area contributed by atoms with Gasteiger partial charge in [0.25, 0.3) is 0 Å². The van der Waals surface area contributed by atoms with Gasteiger partial charge in [-0.25, -0.2) is 0 Å². The zero-order chi connectivity index (χ0) is 11.6. The lowest BCUT2D eigenvalue weighted by atomic mass is 9.63. The van der Waals surface area contributed by atoms with Crippen LogP contribution in [0.3, 0.4) is 0 Å². The van der Waals surface area contributed by atoms with Gasteiger partial charge in [-0.05, 0) is 21.1 Å². The van der Waals surface area contributed by atoms with Gasteiger partial charge in [-0.1, -0.05) is 0 Å². The minimum Gasteiger partial charge on any atom is -0.412 e. The molecule has 0 N–H and O–H groups in total. The van der Waals surface area contributed by atoms with Crippen molar-refractivity contribution >= 4 is 21.6 Å². The van der Waals surface area contributed by atoms with E-state index in [1.807, 2.05) is 35.3 Å². The van der Waals surface area contributed by atoms with E-state index in [9.17, 15) is 0 Å². The Balaban J connectivity index is 2.87. The molecule has 1 rings (SSSR count). The molecule has 0 aromatic carbocycles. The highest BCUT2D eigenvalue weighted by Gasteiger charge is 2.52. The van der Waals surface area contributed by atoms with Gasteiger partial charge in [-0.2, -0.15) is 0 Å². The molecule has 1 aliphatic rings. The molecule has 1 aliphatic heterocycles. The van der Waals surface area contributed by atoms with Crippen molar-refractivity contribution < 1.29 is 14.0 Å². The summed E-state index contributed by atoms with van der Waals surface area (Å²) in [6, 6.07) is 0. The number of hydrogen-bond acceptors (Lipinski definition) is 6. The van der Waals surface area contributed by atoms with E-state index < -0.39 is 0 Å². The van der Waals surface area contributed by atoms with E-state index >= 15 is 0 Å². The third-order valence-corrected chi connectivity index (χ3v) is 2.72. The van der Waals surface area contributed by atoms with Crippen molar-refractivity contribution in [3.05, 3.63) is 0 Å². The fourth-order valence-corrected chi connectivity index (χ4v) is 2.19. The Bertz CT molecular complexity index is 168. The Morgan fingerprint density at radius 3 is 0.933 bits per heavy atom. The molecule has 0 saturated carbocycles. The maximum atomic E-state index is 5.39. The quantitative estimate of drug-likeness (QED) is 0.541. The number of nitrogens with zero attached hydrogens (tertiary/aromatic N) is 3. The molecule has 0 bridgehead atoms. The van der Waals surface area contributed by atoms with Crippen molar-refractivity contribution in [2.24, 2.45) is 0 Å². The molecule has 0 aliphatic carbocycles. The van der Waals surface area contributed by atoms with Gasteiger partial charge in [0.2, 0.25) is 0 Å². The smallest absolute Gasteiger partial charge is 0.412 e. The summed E-state index contributed by atoms with van der Waals surface area (Å²) >= 11 is 0. The Morgan fingerprint density at radius 1 is 0.600 bits per heavy atom. The van der Waals surface area contributed by atoms with Crippen LogP contribution in [0.4, 0.5) is 0 Å². The summed E-state index contributed by atoms with van der Waals surface area (Å²) in [5.41, 5.74) is 0. The van der Waals surface area contributed by atoms with Gasteiger partial charge in [-0.3, -0.25) is 0 Å². The highest BCUT2D eigenvalue weighted by atomic mass is 16.5. The predicted molar refractivity (Wildman–Crippen MR) is 61.6 cm³/mol. The first-order valence-corrected chi connectivity index (χ1v) is 4.82. The molecule has 0 aromatic rings. The van der Waals surface area contributed by atoms with E-state index in [1.54, 1.807) is 21.3 Å². The highest BCUT2D eigenvalue weighted by molar-refractivity contribution is 6.79.